The fourth-order valence-electron chi connectivity index (χ4n) is 8.61. The lowest BCUT2D eigenvalue weighted by molar-refractivity contribution is -0.137. The Labute approximate surface area is 335 Å². The second kappa shape index (κ2) is 18.1. The zero-order valence-corrected chi connectivity index (χ0v) is 32.7. The molecule has 0 unspecified atom stereocenters. The molecule has 0 aliphatic carbocycles. The first kappa shape index (κ1) is 38.3. The van der Waals surface area contributed by atoms with Crippen LogP contribution in [0.1, 0.15) is 47.2 Å². The number of carbonyl (C=O) groups is 3. The topological polar surface area (TPSA) is 85.0 Å². The fraction of sp³-hybridized carbons (Fsp3) is 0.327. The van der Waals surface area contributed by atoms with Crippen LogP contribution in [0.25, 0.3) is 32.3 Å². The molecule has 0 saturated carbocycles. The zero-order chi connectivity index (χ0) is 39.0. The third-order valence-electron chi connectivity index (χ3n) is 11.9. The number of carbonyl (C=O) groups excluding carboxylic acids is 3. The molecule has 2 fully saturated rings. The maximum atomic E-state index is 14.7. The van der Waals surface area contributed by atoms with E-state index >= 15 is 0 Å². The van der Waals surface area contributed by atoms with Crippen LogP contribution in [-0.4, -0.2) is 84.8 Å². The van der Waals surface area contributed by atoms with Gasteiger partial charge in [-0.1, -0.05) is 103 Å². The zero-order valence-electron chi connectivity index (χ0n) is 32.7. The van der Waals surface area contributed by atoms with Gasteiger partial charge in [0.25, 0.3) is 5.91 Å². The molecule has 2 aliphatic heterocycles. The summed E-state index contributed by atoms with van der Waals surface area (Å²) >= 11 is 0. The van der Waals surface area contributed by atoms with E-state index in [0.717, 1.165) is 95.3 Å². The second-order valence-electron chi connectivity index (χ2n) is 15.8. The highest BCUT2D eigenvalue weighted by Crippen LogP contribution is 2.24. The molecule has 0 aromatic heterocycles. The largest absolute Gasteiger partial charge is 0.336 e. The Kier molecular flexibility index (Phi) is 12.2. The Morgan fingerprint density at radius 3 is 1.25 bits per heavy atom. The quantitative estimate of drug-likeness (QED) is 0.127. The van der Waals surface area contributed by atoms with E-state index < -0.39 is 0 Å². The first-order chi connectivity index (χ1) is 28.0. The molecule has 2 heterocycles. The molecule has 292 valence electrons. The summed E-state index contributed by atoms with van der Waals surface area (Å²) in [5.74, 6) is 0.0667. The molecule has 2 saturated heterocycles. The number of hydrogen-bond acceptors (Lipinski definition) is 5. The predicted molar refractivity (Wildman–Crippen MR) is 230 cm³/mol. The Balaban J connectivity index is 1.08. The third kappa shape index (κ3) is 9.36. The molecule has 0 radical (unpaired) electrons. The van der Waals surface area contributed by atoms with Gasteiger partial charge in [-0.2, -0.15) is 0 Å². The van der Waals surface area contributed by atoms with E-state index in [1.165, 1.54) is 0 Å². The number of fused-ring (bicyclic) bond motifs is 3. The van der Waals surface area contributed by atoms with Crippen LogP contribution in [0.5, 0.6) is 0 Å². The summed E-state index contributed by atoms with van der Waals surface area (Å²) < 4.78 is 0. The Morgan fingerprint density at radius 2 is 0.807 bits per heavy atom. The van der Waals surface area contributed by atoms with Crippen molar-refractivity contribution in [1.82, 2.24) is 25.3 Å². The third-order valence-corrected chi connectivity index (χ3v) is 11.9. The molecule has 0 atom stereocenters. The highest BCUT2D eigenvalue weighted by Gasteiger charge is 2.30. The molecule has 8 rings (SSSR count). The summed E-state index contributed by atoms with van der Waals surface area (Å²) in [6, 6.07) is 43.3. The van der Waals surface area contributed by atoms with E-state index in [0.29, 0.717) is 44.8 Å². The van der Waals surface area contributed by atoms with E-state index in [1.807, 2.05) is 75.4 Å². The van der Waals surface area contributed by atoms with Crippen LogP contribution in [0.2, 0.25) is 0 Å². The molecule has 2 aliphatic rings. The van der Waals surface area contributed by atoms with Crippen LogP contribution in [0.3, 0.4) is 0 Å². The lowest BCUT2D eigenvalue weighted by atomic mass is 9.96. The van der Waals surface area contributed by atoms with Crippen molar-refractivity contribution in [2.24, 2.45) is 11.8 Å². The van der Waals surface area contributed by atoms with E-state index in [9.17, 15) is 14.4 Å². The molecule has 6 aromatic rings. The van der Waals surface area contributed by atoms with Crippen LogP contribution < -0.4 is 10.6 Å². The standard InChI is InChI=1S/C49H53N5O3/c55-47(41-19-23-50-24-20-41)53(34-36-13-15-38-7-1-4-10-43(38)31-36)29-27-52(49(57)46-18-17-40-9-3-6-12-45(40)33-46)28-30-54(48(56)42-21-25-51-26-22-42)35-37-14-16-39-8-2-5-11-44(39)32-37/h1-18,31-33,41-42,50-51H,19-30,34-35H2. The van der Waals surface area contributed by atoms with Crippen molar-refractivity contribution in [3.63, 3.8) is 0 Å². The first-order valence-corrected chi connectivity index (χ1v) is 20.7. The molecule has 57 heavy (non-hydrogen) atoms. The van der Waals surface area contributed by atoms with Gasteiger partial charge in [0, 0.05) is 56.7 Å². The summed E-state index contributed by atoms with van der Waals surface area (Å²) in [5, 5.41) is 13.5. The van der Waals surface area contributed by atoms with E-state index in [2.05, 4.69) is 77.4 Å². The smallest absolute Gasteiger partial charge is 0.253 e. The van der Waals surface area contributed by atoms with Crippen molar-refractivity contribution in [1.29, 1.82) is 0 Å². The van der Waals surface area contributed by atoms with Crippen LogP contribution in [0.15, 0.2) is 127 Å². The Bertz CT molecular complexity index is 2230. The maximum Gasteiger partial charge on any atom is 0.253 e. The van der Waals surface area contributed by atoms with Gasteiger partial charge in [-0.15, -0.1) is 0 Å². The van der Waals surface area contributed by atoms with Crippen LogP contribution in [0.4, 0.5) is 0 Å². The van der Waals surface area contributed by atoms with Crippen molar-refractivity contribution in [3.05, 3.63) is 144 Å². The molecular weight excluding hydrogens is 707 g/mol. The Hall–Kier alpha value is -5.57. The molecule has 0 spiro atoms. The number of nitrogens with zero attached hydrogens (tertiary/aromatic N) is 3. The fourth-order valence-corrected chi connectivity index (χ4v) is 8.61. The van der Waals surface area contributed by atoms with Gasteiger partial charge < -0.3 is 25.3 Å². The van der Waals surface area contributed by atoms with Crippen molar-refractivity contribution >= 4 is 50.0 Å². The highest BCUT2D eigenvalue weighted by molar-refractivity contribution is 5.98. The van der Waals surface area contributed by atoms with Gasteiger partial charge in [-0.05, 0) is 120 Å². The summed E-state index contributed by atoms with van der Waals surface area (Å²) in [7, 11) is 0. The minimum atomic E-state index is -0.0966. The summed E-state index contributed by atoms with van der Waals surface area (Å²) in [4.78, 5) is 49.1. The molecule has 6 aromatic carbocycles. The van der Waals surface area contributed by atoms with Gasteiger partial charge in [-0.25, -0.2) is 0 Å². The lowest BCUT2D eigenvalue weighted by Gasteiger charge is -2.34. The normalized spacial score (nSPS) is 15.2. The molecular formula is C49H53N5O3. The summed E-state index contributed by atoms with van der Waals surface area (Å²) in [6.45, 7) is 5.71. The summed E-state index contributed by atoms with van der Waals surface area (Å²) in [6.07, 6.45) is 3.20. The van der Waals surface area contributed by atoms with Crippen LogP contribution in [-0.2, 0) is 22.7 Å². The number of benzene rings is 6. The van der Waals surface area contributed by atoms with Gasteiger partial charge in [0.1, 0.15) is 0 Å². The average molecular weight is 760 g/mol. The summed E-state index contributed by atoms with van der Waals surface area (Å²) in [5.41, 5.74) is 2.74. The maximum absolute atomic E-state index is 14.7. The van der Waals surface area contributed by atoms with Gasteiger partial charge in [0.05, 0.1) is 0 Å². The average Bonchev–Trinajstić information content (AvgIpc) is 3.27. The number of hydrogen-bond donors (Lipinski definition) is 2. The van der Waals surface area contributed by atoms with Crippen molar-refractivity contribution < 1.29 is 14.4 Å². The molecule has 0 bridgehead atoms. The second-order valence-corrected chi connectivity index (χ2v) is 15.8. The van der Waals surface area contributed by atoms with E-state index in [1.54, 1.807) is 0 Å². The van der Waals surface area contributed by atoms with Crippen LogP contribution in [0, 0.1) is 11.8 Å². The number of amides is 3. The highest BCUT2D eigenvalue weighted by atomic mass is 16.2. The molecule has 2 N–H and O–H groups in total. The van der Waals surface area contributed by atoms with Gasteiger partial charge in [0.2, 0.25) is 11.8 Å². The van der Waals surface area contributed by atoms with Gasteiger partial charge in [0.15, 0.2) is 0 Å². The van der Waals surface area contributed by atoms with Crippen molar-refractivity contribution in [2.75, 3.05) is 52.4 Å². The SMILES string of the molecule is O=C(c1ccc2ccccc2c1)N(CCN(Cc1ccc2ccccc2c1)C(=O)C1CCNCC1)CCN(Cc1ccc2ccccc2c1)C(=O)C1CCNCC1. The van der Waals surface area contributed by atoms with Gasteiger partial charge >= 0.3 is 0 Å². The van der Waals surface area contributed by atoms with Crippen molar-refractivity contribution in [2.45, 2.75) is 38.8 Å². The van der Waals surface area contributed by atoms with Gasteiger partial charge in [-0.3, -0.25) is 14.4 Å². The molecule has 8 heteroatoms. The Morgan fingerprint density at radius 1 is 0.439 bits per heavy atom. The monoisotopic (exact) mass is 759 g/mol. The van der Waals surface area contributed by atoms with E-state index in [-0.39, 0.29) is 29.6 Å². The number of nitrogens with one attached hydrogen (secondary N) is 2. The minimum Gasteiger partial charge on any atom is -0.336 e. The van der Waals surface area contributed by atoms with Crippen molar-refractivity contribution in [3.8, 4) is 0 Å². The first-order valence-electron chi connectivity index (χ1n) is 20.7. The molecule has 8 nitrogen and oxygen atoms in total. The number of piperidine rings is 2. The van der Waals surface area contributed by atoms with Crippen LogP contribution >= 0.6 is 0 Å². The van der Waals surface area contributed by atoms with E-state index in [4.69, 9.17) is 0 Å². The minimum absolute atomic E-state index is 0.0589. The lowest BCUT2D eigenvalue weighted by Crippen LogP contribution is -2.48. The predicted octanol–water partition coefficient (Wildman–Crippen LogP) is 7.65. The molecule has 3 amide bonds. The number of rotatable bonds is 13.